The maximum absolute atomic E-state index is 5.43. The van der Waals surface area contributed by atoms with Gasteiger partial charge in [0.15, 0.2) is 0 Å². The minimum atomic E-state index is 0.185. The van der Waals surface area contributed by atoms with Crippen molar-refractivity contribution in [2.75, 3.05) is 13.7 Å². The summed E-state index contributed by atoms with van der Waals surface area (Å²) in [7, 11) is 1.75. The number of ether oxygens (including phenoxy) is 1. The lowest BCUT2D eigenvalue weighted by molar-refractivity contribution is 0.395. The first-order valence-corrected chi connectivity index (χ1v) is 6.76. The Morgan fingerprint density at radius 3 is 2.44 bits per heavy atom. The van der Waals surface area contributed by atoms with E-state index in [9.17, 15) is 0 Å². The molecule has 0 heterocycles. The maximum atomic E-state index is 5.43. The number of benzene rings is 1. The van der Waals surface area contributed by atoms with Gasteiger partial charge in [-0.1, -0.05) is 12.1 Å². The van der Waals surface area contributed by atoms with Crippen molar-refractivity contribution < 1.29 is 4.74 Å². The SMILES string of the molecule is COc1cc(C2(CNC(C)(C)C)CC2)ccc1C. The van der Waals surface area contributed by atoms with Gasteiger partial charge in [-0.15, -0.1) is 0 Å². The number of nitrogens with one attached hydrogen (secondary N) is 1. The average molecular weight is 247 g/mol. The van der Waals surface area contributed by atoms with Gasteiger partial charge in [0.1, 0.15) is 5.75 Å². The lowest BCUT2D eigenvalue weighted by Crippen LogP contribution is -2.40. The first-order valence-electron chi connectivity index (χ1n) is 6.76. The first-order chi connectivity index (χ1) is 8.36. The van der Waals surface area contributed by atoms with E-state index in [0.717, 1.165) is 12.3 Å². The van der Waals surface area contributed by atoms with E-state index >= 15 is 0 Å². The second-order valence-electron chi connectivity index (χ2n) is 6.57. The van der Waals surface area contributed by atoms with Crippen molar-refractivity contribution in [1.82, 2.24) is 5.32 Å². The molecule has 0 amide bonds. The van der Waals surface area contributed by atoms with E-state index in [1.54, 1.807) is 7.11 Å². The molecule has 1 fully saturated rings. The van der Waals surface area contributed by atoms with E-state index in [1.165, 1.54) is 24.0 Å². The molecule has 0 atom stereocenters. The van der Waals surface area contributed by atoms with Crippen LogP contribution in [-0.4, -0.2) is 19.2 Å². The minimum Gasteiger partial charge on any atom is -0.496 e. The van der Waals surface area contributed by atoms with Crippen LogP contribution < -0.4 is 10.1 Å². The van der Waals surface area contributed by atoms with E-state index in [1.807, 2.05) is 0 Å². The molecule has 1 saturated carbocycles. The maximum Gasteiger partial charge on any atom is 0.122 e. The van der Waals surface area contributed by atoms with Crippen molar-refractivity contribution in [2.24, 2.45) is 0 Å². The van der Waals surface area contributed by atoms with Crippen LogP contribution in [-0.2, 0) is 5.41 Å². The molecule has 2 rings (SSSR count). The lowest BCUT2D eigenvalue weighted by atomic mass is 9.93. The number of hydrogen-bond acceptors (Lipinski definition) is 2. The predicted octanol–water partition coefficient (Wildman–Crippen LogP) is 3.42. The third-order valence-corrected chi connectivity index (χ3v) is 3.83. The van der Waals surface area contributed by atoms with Crippen LogP contribution in [0.25, 0.3) is 0 Å². The molecule has 0 aromatic heterocycles. The van der Waals surface area contributed by atoms with Gasteiger partial charge in [-0.05, 0) is 57.7 Å². The van der Waals surface area contributed by atoms with Crippen molar-refractivity contribution in [3.8, 4) is 5.75 Å². The summed E-state index contributed by atoms with van der Waals surface area (Å²) in [4.78, 5) is 0. The van der Waals surface area contributed by atoms with Gasteiger partial charge in [0.2, 0.25) is 0 Å². The summed E-state index contributed by atoms with van der Waals surface area (Å²) in [5, 5.41) is 3.63. The van der Waals surface area contributed by atoms with Gasteiger partial charge in [0, 0.05) is 17.5 Å². The quantitative estimate of drug-likeness (QED) is 0.880. The fraction of sp³-hybridized carbons (Fsp3) is 0.625. The Morgan fingerprint density at radius 2 is 1.94 bits per heavy atom. The van der Waals surface area contributed by atoms with E-state index in [2.05, 4.69) is 51.2 Å². The Kier molecular flexibility index (Phi) is 3.41. The number of methoxy groups -OCH3 is 1. The molecule has 1 N–H and O–H groups in total. The van der Waals surface area contributed by atoms with Crippen LogP contribution in [0.15, 0.2) is 18.2 Å². The topological polar surface area (TPSA) is 21.3 Å². The molecule has 0 saturated heterocycles. The van der Waals surface area contributed by atoms with Crippen LogP contribution in [0.5, 0.6) is 5.75 Å². The standard InChI is InChI=1S/C16H25NO/c1-12-6-7-13(10-14(12)18-5)16(8-9-16)11-17-15(2,3)4/h6-7,10,17H,8-9,11H2,1-5H3. The van der Waals surface area contributed by atoms with Crippen molar-refractivity contribution in [2.45, 2.75) is 51.5 Å². The zero-order chi connectivity index (χ0) is 13.4. The summed E-state index contributed by atoms with van der Waals surface area (Å²) in [6.07, 6.45) is 2.56. The summed E-state index contributed by atoms with van der Waals surface area (Å²) in [5.74, 6) is 1.01. The summed E-state index contributed by atoms with van der Waals surface area (Å²) < 4.78 is 5.43. The molecule has 0 aliphatic heterocycles. The van der Waals surface area contributed by atoms with E-state index < -0.39 is 0 Å². The van der Waals surface area contributed by atoms with Gasteiger partial charge < -0.3 is 10.1 Å². The highest BCUT2D eigenvalue weighted by Crippen LogP contribution is 2.48. The number of hydrogen-bond donors (Lipinski definition) is 1. The van der Waals surface area contributed by atoms with Gasteiger partial charge in [0.25, 0.3) is 0 Å². The molecule has 100 valence electrons. The second kappa shape index (κ2) is 4.58. The fourth-order valence-electron chi connectivity index (χ4n) is 2.30. The molecule has 1 aromatic rings. The fourth-order valence-corrected chi connectivity index (χ4v) is 2.30. The summed E-state index contributed by atoms with van der Waals surface area (Å²) in [5.41, 5.74) is 3.15. The smallest absolute Gasteiger partial charge is 0.122 e. The van der Waals surface area contributed by atoms with Gasteiger partial charge in [0.05, 0.1) is 7.11 Å². The Balaban J connectivity index is 2.15. The number of aryl methyl sites for hydroxylation is 1. The van der Waals surface area contributed by atoms with Crippen LogP contribution in [0, 0.1) is 6.92 Å². The highest BCUT2D eigenvalue weighted by Gasteiger charge is 2.44. The summed E-state index contributed by atoms with van der Waals surface area (Å²) in [6, 6.07) is 6.65. The molecular weight excluding hydrogens is 222 g/mol. The first kappa shape index (κ1) is 13.4. The monoisotopic (exact) mass is 247 g/mol. The van der Waals surface area contributed by atoms with Crippen LogP contribution in [0.2, 0.25) is 0 Å². The molecule has 1 aromatic carbocycles. The lowest BCUT2D eigenvalue weighted by Gasteiger charge is -2.26. The highest BCUT2D eigenvalue weighted by atomic mass is 16.5. The molecule has 0 bridgehead atoms. The second-order valence-corrected chi connectivity index (χ2v) is 6.57. The average Bonchev–Trinajstić information content (AvgIpc) is 3.07. The van der Waals surface area contributed by atoms with Crippen molar-refractivity contribution in [3.63, 3.8) is 0 Å². The molecule has 1 aliphatic rings. The van der Waals surface area contributed by atoms with Crippen molar-refractivity contribution >= 4 is 0 Å². The van der Waals surface area contributed by atoms with Crippen LogP contribution >= 0.6 is 0 Å². The highest BCUT2D eigenvalue weighted by molar-refractivity contribution is 5.42. The predicted molar refractivity (Wildman–Crippen MR) is 76.4 cm³/mol. The van der Waals surface area contributed by atoms with Gasteiger partial charge in [-0.2, -0.15) is 0 Å². The largest absolute Gasteiger partial charge is 0.496 e. The Hall–Kier alpha value is -1.02. The van der Waals surface area contributed by atoms with Gasteiger partial charge in [-0.25, -0.2) is 0 Å². The molecular formula is C16H25NO. The molecule has 2 nitrogen and oxygen atoms in total. The zero-order valence-electron chi connectivity index (χ0n) is 12.3. The Morgan fingerprint density at radius 1 is 1.28 bits per heavy atom. The van der Waals surface area contributed by atoms with E-state index in [4.69, 9.17) is 4.74 Å². The molecule has 0 radical (unpaired) electrons. The zero-order valence-corrected chi connectivity index (χ0v) is 12.3. The van der Waals surface area contributed by atoms with E-state index in [0.29, 0.717) is 5.41 Å². The van der Waals surface area contributed by atoms with Crippen LogP contribution in [0.1, 0.15) is 44.7 Å². The van der Waals surface area contributed by atoms with Gasteiger partial charge in [-0.3, -0.25) is 0 Å². The van der Waals surface area contributed by atoms with Crippen LogP contribution in [0.4, 0.5) is 0 Å². The molecule has 1 aliphatic carbocycles. The van der Waals surface area contributed by atoms with Gasteiger partial charge >= 0.3 is 0 Å². The summed E-state index contributed by atoms with van der Waals surface area (Å²) >= 11 is 0. The number of rotatable bonds is 4. The minimum absolute atomic E-state index is 0.185. The summed E-state index contributed by atoms with van der Waals surface area (Å²) in [6.45, 7) is 9.81. The molecule has 0 spiro atoms. The Labute approximate surface area is 111 Å². The van der Waals surface area contributed by atoms with Crippen molar-refractivity contribution in [1.29, 1.82) is 0 Å². The van der Waals surface area contributed by atoms with E-state index in [-0.39, 0.29) is 5.54 Å². The molecule has 2 heteroatoms. The van der Waals surface area contributed by atoms with Crippen molar-refractivity contribution in [3.05, 3.63) is 29.3 Å². The molecule has 18 heavy (non-hydrogen) atoms. The van der Waals surface area contributed by atoms with Crippen LogP contribution in [0.3, 0.4) is 0 Å². The normalized spacial score (nSPS) is 17.6. The third kappa shape index (κ3) is 2.86. The molecule has 0 unspecified atom stereocenters. The third-order valence-electron chi connectivity index (χ3n) is 3.83. The Bertz CT molecular complexity index is 427.